The molecule has 0 bridgehead atoms. The Bertz CT molecular complexity index is 669. The monoisotopic (exact) mass is 345 g/mol. The van der Waals surface area contributed by atoms with Crippen LogP contribution in [-0.4, -0.2) is 29.9 Å². The molecule has 2 heterocycles. The van der Waals surface area contributed by atoms with Crippen molar-refractivity contribution < 1.29 is 4.79 Å². The van der Waals surface area contributed by atoms with Crippen molar-refractivity contribution in [2.75, 3.05) is 18.4 Å². The molecule has 6 nitrogen and oxygen atoms in total. The maximum Gasteiger partial charge on any atom is 0.227 e. The van der Waals surface area contributed by atoms with E-state index in [1.54, 1.807) is 17.4 Å². The molecule has 0 aliphatic carbocycles. The predicted molar refractivity (Wildman–Crippen MR) is 99.4 cm³/mol. The number of hydrogen-bond donors (Lipinski definition) is 3. The van der Waals surface area contributed by atoms with E-state index in [-0.39, 0.29) is 5.91 Å². The number of pyridine rings is 1. The van der Waals surface area contributed by atoms with Gasteiger partial charge in [0.05, 0.1) is 6.54 Å². The first kappa shape index (κ1) is 17.9. The Kier molecular flexibility index (Phi) is 7.22. The second-order valence-electron chi connectivity index (χ2n) is 5.16. The number of thiophene rings is 1. The van der Waals surface area contributed by atoms with Crippen molar-refractivity contribution in [2.45, 2.75) is 26.8 Å². The quantitative estimate of drug-likeness (QED) is 0.532. The summed E-state index contributed by atoms with van der Waals surface area (Å²) in [6.45, 7) is 5.82. The fourth-order valence-electron chi connectivity index (χ4n) is 2.01. The first-order chi connectivity index (χ1) is 11.7. The summed E-state index contributed by atoms with van der Waals surface area (Å²) in [4.78, 5) is 21.9. The molecule has 0 aliphatic heterocycles. The summed E-state index contributed by atoms with van der Waals surface area (Å²) in [5, 5.41) is 11.2. The van der Waals surface area contributed by atoms with Gasteiger partial charge in [-0.15, -0.1) is 11.3 Å². The molecule has 3 N–H and O–H groups in total. The highest BCUT2D eigenvalue weighted by molar-refractivity contribution is 7.09. The number of rotatable bonds is 7. The molecule has 24 heavy (non-hydrogen) atoms. The molecule has 0 spiro atoms. The number of hydrogen-bond acceptors (Lipinski definition) is 4. The molecule has 2 rings (SSSR count). The van der Waals surface area contributed by atoms with Crippen LogP contribution in [0.4, 0.5) is 5.82 Å². The Labute approximate surface area is 146 Å². The maximum absolute atomic E-state index is 12.0. The van der Waals surface area contributed by atoms with Crippen LogP contribution >= 0.6 is 11.3 Å². The van der Waals surface area contributed by atoms with E-state index in [1.807, 2.05) is 37.4 Å². The Hall–Kier alpha value is -2.41. The number of anilines is 1. The Morgan fingerprint density at radius 2 is 2.12 bits per heavy atom. The van der Waals surface area contributed by atoms with Crippen LogP contribution in [-0.2, 0) is 11.3 Å². The van der Waals surface area contributed by atoms with Crippen LogP contribution in [0.25, 0.3) is 0 Å². The minimum atomic E-state index is -0.0743. The lowest BCUT2D eigenvalue weighted by Crippen LogP contribution is -2.38. The van der Waals surface area contributed by atoms with Crippen LogP contribution in [0.5, 0.6) is 0 Å². The minimum Gasteiger partial charge on any atom is -0.357 e. The first-order valence-electron chi connectivity index (χ1n) is 7.95. The average molecular weight is 345 g/mol. The molecule has 2 aromatic heterocycles. The third-order valence-corrected chi connectivity index (χ3v) is 3.98. The standard InChI is InChI=1S/C17H23N5OS/c1-3-18-17(20-12-14-7-5-11-24-14)19-10-9-16(23)22-15-8-4-6-13(2)21-15/h4-8,11H,3,9-10,12H2,1-2H3,(H2,18,19,20)(H,21,22,23). The van der Waals surface area contributed by atoms with Crippen LogP contribution in [0.1, 0.15) is 23.9 Å². The maximum atomic E-state index is 12.0. The molecule has 128 valence electrons. The molecule has 0 aromatic carbocycles. The predicted octanol–water partition coefficient (Wildman–Crippen LogP) is 2.54. The molecule has 0 unspecified atom stereocenters. The van der Waals surface area contributed by atoms with Crippen LogP contribution in [0.2, 0.25) is 0 Å². The van der Waals surface area contributed by atoms with Crippen LogP contribution in [0.15, 0.2) is 40.7 Å². The van der Waals surface area contributed by atoms with E-state index < -0.39 is 0 Å². The van der Waals surface area contributed by atoms with Crippen molar-refractivity contribution >= 4 is 29.0 Å². The molecule has 7 heteroatoms. The SMILES string of the molecule is CCNC(=NCc1cccs1)NCCC(=O)Nc1cccc(C)n1. The van der Waals surface area contributed by atoms with Gasteiger partial charge in [0.15, 0.2) is 5.96 Å². The topological polar surface area (TPSA) is 78.4 Å². The Balaban J connectivity index is 1.77. The molecular formula is C17H23N5OS. The van der Waals surface area contributed by atoms with Gasteiger partial charge in [-0.2, -0.15) is 0 Å². The van der Waals surface area contributed by atoms with E-state index in [2.05, 4.69) is 32.0 Å². The second kappa shape index (κ2) is 9.67. The highest BCUT2D eigenvalue weighted by Gasteiger charge is 2.04. The molecule has 0 saturated carbocycles. The van der Waals surface area contributed by atoms with Gasteiger partial charge in [0.2, 0.25) is 5.91 Å². The zero-order chi connectivity index (χ0) is 17.2. The largest absolute Gasteiger partial charge is 0.357 e. The van der Waals surface area contributed by atoms with Crippen LogP contribution < -0.4 is 16.0 Å². The van der Waals surface area contributed by atoms with E-state index in [1.165, 1.54) is 4.88 Å². The number of carbonyl (C=O) groups is 1. The van der Waals surface area contributed by atoms with E-state index in [0.717, 1.165) is 12.2 Å². The van der Waals surface area contributed by atoms with Crippen LogP contribution in [0.3, 0.4) is 0 Å². The zero-order valence-corrected chi connectivity index (χ0v) is 14.8. The van der Waals surface area contributed by atoms with Crippen molar-refractivity contribution in [2.24, 2.45) is 4.99 Å². The molecule has 0 radical (unpaired) electrons. The third kappa shape index (κ3) is 6.37. The van der Waals surface area contributed by atoms with Gasteiger partial charge in [0.1, 0.15) is 5.82 Å². The number of nitrogens with zero attached hydrogens (tertiary/aromatic N) is 2. The van der Waals surface area contributed by atoms with Gasteiger partial charge >= 0.3 is 0 Å². The van der Waals surface area contributed by atoms with Crippen molar-refractivity contribution in [1.82, 2.24) is 15.6 Å². The van der Waals surface area contributed by atoms with E-state index in [4.69, 9.17) is 0 Å². The number of amides is 1. The second-order valence-corrected chi connectivity index (χ2v) is 6.20. The summed E-state index contributed by atoms with van der Waals surface area (Å²) in [6.07, 6.45) is 0.346. The number of aromatic nitrogens is 1. The molecule has 0 atom stereocenters. The summed E-state index contributed by atoms with van der Waals surface area (Å²) in [5.41, 5.74) is 0.876. The number of aliphatic imine (C=N–C) groups is 1. The number of nitrogens with one attached hydrogen (secondary N) is 3. The Morgan fingerprint density at radius 3 is 2.83 bits per heavy atom. The third-order valence-electron chi connectivity index (χ3n) is 3.12. The van der Waals surface area contributed by atoms with Gasteiger partial charge < -0.3 is 16.0 Å². The summed E-state index contributed by atoms with van der Waals surface area (Å²) >= 11 is 1.68. The van der Waals surface area contributed by atoms with Crippen molar-refractivity contribution in [1.29, 1.82) is 0 Å². The lowest BCUT2D eigenvalue weighted by atomic mass is 10.3. The first-order valence-corrected chi connectivity index (χ1v) is 8.83. The molecule has 1 amide bonds. The van der Waals surface area contributed by atoms with Gasteiger partial charge in [-0.1, -0.05) is 12.1 Å². The zero-order valence-electron chi connectivity index (χ0n) is 14.0. The number of carbonyl (C=O) groups excluding carboxylic acids is 1. The highest BCUT2D eigenvalue weighted by atomic mass is 32.1. The lowest BCUT2D eigenvalue weighted by molar-refractivity contribution is -0.116. The van der Waals surface area contributed by atoms with E-state index in [0.29, 0.717) is 31.3 Å². The summed E-state index contributed by atoms with van der Waals surface area (Å²) in [6, 6.07) is 9.62. The normalized spacial score (nSPS) is 11.2. The number of aryl methyl sites for hydroxylation is 1. The fourth-order valence-corrected chi connectivity index (χ4v) is 2.64. The smallest absolute Gasteiger partial charge is 0.227 e. The van der Waals surface area contributed by atoms with Crippen molar-refractivity contribution in [3.8, 4) is 0 Å². The molecule has 0 saturated heterocycles. The van der Waals surface area contributed by atoms with Gasteiger partial charge in [0, 0.05) is 30.1 Å². The summed E-state index contributed by atoms with van der Waals surface area (Å²) in [7, 11) is 0. The van der Waals surface area contributed by atoms with E-state index in [9.17, 15) is 4.79 Å². The minimum absolute atomic E-state index is 0.0743. The highest BCUT2D eigenvalue weighted by Crippen LogP contribution is 2.09. The molecule has 2 aromatic rings. The molecular weight excluding hydrogens is 322 g/mol. The molecule has 0 fully saturated rings. The van der Waals surface area contributed by atoms with Crippen molar-refractivity contribution in [3.63, 3.8) is 0 Å². The summed E-state index contributed by atoms with van der Waals surface area (Å²) < 4.78 is 0. The lowest BCUT2D eigenvalue weighted by Gasteiger charge is -2.11. The van der Waals surface area contributed by atoms with E-state index >= 15 is 0 Å². The van der Waals surface area contributed by atoms with Gasteiger partial charge in [-0.3, -0.25) is 4.79 Å². The van der Waals surface area contributed by atoms with Gasteiger partial charge in [-0.05, 0) is 37.4 Å². The Morgan fingerprint density at radius 1 is 1.25 bits per heavy atom. The average Bonchev–Trinajstić information content (AvgIpc) is 3.06. The van der Waals surface area contributed by atoms with Gasteiger partial charge in [0.25, 0.3) is 0 Å². The summed E-state index contributed by atoms with van der Waals surface area (Å²) in [5.74, 6) is 1.22. The van der Waals surface area contributed by atoms with Crippen molar-refractivity contribution in [3.05, 3.63) is 46.3 Å². The fraction of sp³-hybridized carbons (Fsp3) is 0.353. The molecule has 0 aliphatic rings. The number of guanidine groups is 1. The van der Waals surface area contributed by atoms with Gasteiger partial charge in [-0.25, -0.2) is 9.98 Å². The van der Waals surface area contributed by atoms with Crippen LogP contribution in [0, 0.1) is 6.92 Å².